The Kier molecular flexibility index (Phi) is 3.28. The molecule has 1 aliphatic heterocycles. The number of nitrogens with zero attached hydrogens (tertiary/aromatic N) is 3. The minimum atomic E-state index is 0.348. The number of nitrogens with two attached hydrogens (primary N) is 1. The Morgan fingerprint density at radius 1 is 1.53 bits per heavy atom. The summed E-state index contributed by atoms with van der Waals surface area (Å²) in [6.07, 6.45) is 1.25. The molecular formula is C13H19N5S. The molecule has 1 aliphatic rings. The van der Waals surface area contributed by atoms with Gasteiger partial charge in [0.25, 0.3) is 0 Å². The summed E-state index contributed by atoms with van der Waals surface area (Å²) in [5.74, 6) is 1.91. The van der Waals surface area contributed by atoms with Crippen LogP contribution in [-0.4, -0.2) is 41.5 Å². The first-order valence-electron chi connectivity index (χ1n) is 6.58. The Morgan fingerprint density at radius 3 is 3.11 bits per heavy atom. The number of anilines is 2. The van der Waals surface area contributed by atoms with Crippen molar-refractivity contribution >= 4 is 33.3 Å². The molecule has 2 aromatic heterocycles. The molecule has 102 valence electrons. The summed E-state index contributed by atoms with van der Waals surface area (Å²) in [4.78, 5) is 13.2. The average molecular weight is 277 g/mol. The normalized spacial score (nSPS) is 20.2. The van der Waals surface area contributed by atoms with Crippen molar-refractivity contribution in [1.82, 2.24) is 14.9 Å². The van der Waals surface area contributed by atoms with Crippen LogP contribution in [0.4, 0.5) is 11.8 Å². The number of aryl methyl sites for hydroxylation is 1. The van der Waals surface area contributed by atoms with Crippen LogP contribution in [0.2, 0.25) is 0 Å². The zero-order valence-electron chi connectivity index (χ0n) is 11.3. The predicted octanol–water partition coefficient (Wildman–Crippen LogP) is 1.95. The summed E-state index contributed by atoms with van der Waals surface area (Å²) in [6, 6.07) is 2.13. The van der Waals surface area contributed by atoms with Crippen molar-refractivity contribution in [3.63, 3.8) is 0 Å². The molecule has 1 fully saturated rings. The van der Waals surface area contributed by atoms with Crippen LogP contribution in [0.5, 0.6) is 0 Å². The van der Waals surface area contributed by atoms with Gasteiger partial charge in [-0.15, -0.1) is 11.3 Å². The van der Waals surface area contributed by atoms with Gasteiger partial charge in [-0.3, -0.25) is 0 Å². The quantitative estimate of drug-likeness (QED) is 0.897. The van der Waals surface area contributed by atoms with Gasteiger partial charge in [-0.05, 0) is 38.9 Å². The fourth-order valence-corrected chi connectivity index (χ4v) is 3.51. The Labute approximate surface area is 116 Å². The molecule has 0 amide bonds. The highest BCUT2D eigenvalue weighted by atomic mass is 32.1. The molecule has 19 heavy (non-hydrogen) atoms. The second-order valence-electron chi connectivity index (χ2n) is 5.30. The molecule has 1 unspecified atom stereocenters. The number of rotatable bonds is 3. The minimum absolute atomic E-state index is 0.348. The molecule has 1 atom stereocenters. The van der Waals surface area contributed by atoms with E-state index in [2.05, 4.69) is 40.2 Å². The zero-order valence-corrected chi connectivity index (χ0v) is 12.1. The summed E-state index contributed by atoms with van der Waals surface area (Å²) in [6.45, 7) is 5.37. The first-order chi connectivity index (χ1) is 9.11. The van der Waals surface area contributed by atoms with Crippen molar-refractivity contribution in [2.75, 3.05) is 37.7 Å². The highest BCUT2D eigenvalue weighted by Crippen LogP contribution is 2.29. The standard InChI is InChI=1S/C13H19N5S/c1-8-5-10-11(16-13(14)17-12(10)19-8)15-6-9-3-4-18(2)7-9/h5,9H,3-4,6-7H2,1-2H3,(H3,14,15,16,17). The Hall–Kier alpha value is -1.40. The zero-order chi connectivity index (χ0) is 13.4. The SMILES string of the molecule is Cc1cc2c(NCC3CCN(C)C3)nc(N)nc2s1. The van der Waals surface area contributed by atoms with Gasteiger partial charge in [-0.1, -0.05) is 0 Å². The maximum absolute atomic E-state index is 5.78. The van der Waals surface area contributed by atoms with E-state index in [4.69, 9.17) is 5.73 Å². The number of likely N-dealkylation sites (tertiary alicyclic amines) is 1. The van der Waals surface area contributed by atoms with E-state index in [0.29, 0.717) is 11.9 Å². The van der Waals surface area contributed by atoms with Crippen LogP contribution in [0.15, 0.2) is 6.07 Å². The van der Waals surface area contributed by atoms with Gasteiger partial charge in [0.05, 0.1) is 5.39 Å². The van der Waals surface area contributed by atoms with Gasteiger partial charge in [0.15, 0.2) is 0 Å². The van der Waals surface area contributed by atoms with Crippen LogP contribution in [0.3, 0.4) is 0 Å². The number of nitrogens with one attached hydrogen (secondary N) is 1. The van der Waals surface area contributed by atoms with E-state index in [1.807, 2.05) is 0 Å². The van der Waals surface area contributed by atoms with Gasteiger partial charge in [-0.25, -0.2) is 4.98 Å². The second kappa shape index (κ2) is 4.94. The van der Waals surface area contributed by atoms with E-state index in [9.17, 15) is 0 Å². The predicted molar refractivity (Wildman–Crippen MR) is 80.7 cm³/mol. The lowest BCUT2D eigenvalue weighted by Crippen LogP contribution is -2.19. The first-order valence-corrected chi connectivity index (χ1v) is 7.39. The van der Waals surface area contributed by atoms with Gasteiger partial charge in [-0.2, -0.15) is 4.98 Å². The van der Waals surface area contributed by atoms with E-state index in [1.54, 1.807) is 11.3 Å². The molecule has 1 saturated heterocycles. The maximum Gasteiger partial charge on any atom is 0.223 e. The van der Waals surface area contributed by atoms with Crippen molar-refractivity contribution < 1.29 is 0 Å². The van der Waals surface area contributed by atoms with Gasteiger partial charge in [0, 0.05) is 18.0 Å². The minimum Gasteiger partial charge on any atom is -0.369 e. The molecule has 0 saturated carbocycles. The van der Waals surface area contributed by atoms with Gasteiger partial charge in [0.1, 0.15) is 10.6 Å². The van der Waals surface area contributed by atoms with Crippen LogP contribution in [-0.2, 0) is 0 Å². The maximum atomic E-state index is 5.78. The summed E-state index contributed by atoms with van der Waals surface area (Å²) >= 11 is 1.66. The van der Waals surface area contributed by atoms with Crippen LogP contribution in [0.25, 0.3) is 10.2 Å². The summed E-state index contributed by atoms with van der Waals surface area (Å²) in [7, 11) is 2.17. The second-order valence-corrected chi connectivity index (χ2v) is 6.54. The molecule has 0 aromatic carbocycles. The van der Waals surface area contributed by atoms with Gasteiger partial charge in [0.2, 0.25) is 5.95 Å². The highest BCUT2D eigenvalue weighted by Gasteiger charge is 2.19. The highest BCUT2D eigenvalue weighted by molar-refractivity contribution is 7.18. The number of hydrogen-bond donors (Lipinski definition) is 2. The smallest absolute Gasteiger partial charge is 0.223 e. The molecule has 0 spiro atoms. The molecule has 2 aromatic rings. The average Bonchev–Trinajstić information content (AvgIpc) is 2.91. The Morgan fingerprint density at radius 2 is 2.37 bits per heavy atom. The van der Waals surface area contributed by atoms with E-state index < -0.39 is 0 Å². The van der Waals surface area contributed by atoms with Crippen molar-refractivity contribution in [2.45, 2.75) is 13.3 Å². The third-order valence-electron chi connectivity index (χ3n) is 3.58. The molecule has 3 N–H and O–H groups in total. The number of thiophene rings is 1. The number of aromatic nitrogens is 2. The van der Waals surface area contributed by atoms with E-state index >= 15 is 0 Å². The van der Waals surface area contributed by atoms with Crippen LogP contribution in [0, 0.1) is 12.8 Å². The monoisotopic (exact) mass is 277 g/mol. The molecule has 0 aliphatic carbocycles. The lowest BCUT2D eigenvalue weighted by atomic mass is 10.1. The third-order valence-corrected chi connectivity index (χ3v) is 4.52. The lowest BCUT2D eigenvalue weighted by molar-refractivity contribution is 0.399. The third kappa shape index (κ3) is 2.64. The summed E-state index contributed by atoms with van der Waals surface area (Å²) in [5, 5.41) is 4.54. The Balaban J connectivity index is 1.80. The van der Waals surface area contributed by atoms with Crippen LogP contribution >= 0.6 is 11.3 Å². The molecule has 3 heterocycles. The Bertz CT molecular complexity index is 594. The van der Waals surface area contributed by atoms with Crippen LogP contribution < -0.4 is 11.1 Å². The largest absolute Gasteiger partial charge is 0.369 e. The van der Waals surface area contributed by atoms with E-state index in [1.165, 1.54) is 17.8 Å². The molecular weight excluding hydrogens is 258 g/mol. The van der Waals surface area contributed by atoms with Crippen LogP contribution in [0.1, 0.15) is 11.3 Å². The molecule has 6 heteroatoms. The van der Waals surface area contributed by atoms with E-state index in [-0.39, 0.29) is 0 Å². The number of fused-ring (bicyclic) bond motifs is 1. The van der Waals surface area contributed by atoms with Crippen molar-refractivity contribution in [3.05, 3.63) is 10.9 Å². The molecule has 0 radical (unpaired) electrons. The number of nitrogen functional groups attached to an aromatic ring is 1. The topological polar surface area (TPSA) is 67.1 Å². The van der Waals surface area contributed by atoms with Gasteiger partial charge < -0.3 is 16.0 Å². The van der Waals surface area contributed by atoms with Crippen molar-refractivity contribution in [2.24, 2.45) is 5.92 Å². The summed E-state index contributed by atoms with van der Waals surface area (Å²) < 4.78 is 0. The van der Waals surface area contributed by atoms with Crippen molar-refractivity contribution in [1.29, 1.82) is 0 Å². The van der Waals surface area contributed by atoms with E-state index in [0.717, 1.165) is 29.1 Å². The molecule has 5 nitrogen and oxygen atoms in total. The van der Waals surface area contributed by atoms with Crippen molar-refractivity contribution in [3.8, 4) is 0 Å². The van der Waals surface area contributed by atoms with Gasteiger partial charge >= 0.3 is 0 Å². The first kappa shape index (κ1) is 12.6. The molecule has 3 rings (SSSR count). The fourth-order valence-electron chi connectivity index (χ4n) is 2.63. The fraction of sp³-hybridized carbons (Fsp3) is 0.538. The number of hydrogen-bond acceptors (Lipinski definition) is 6. The lowest BCUT2D eigenvalue weighted by Gasteiger charge is -2.12. The molecule has 0 bridgehead atoms. The summed E-state index contributed by atoms with van der Waals surface area (Å²) in [5.41, 5.74) is 5.78.